The number of benzene rings is 4. The Labute approximate surface area is 354 Å². The zero-order chi connectivity index (χ0) is 41.1. The van der Waals surface area contributed by atoms with Crippen molar-refractivity contribution in [3.05, 3.63) is 132 Å². The van der Waals surface area contributed by atoms with Gasteiger partial charge in [0.1, 0.15) is 0 Å². The topological polar surface area (TPSA) is 62.4 Å². The third-order valence-electron chi connectivity index (χ3n) is 13.8. The molecule has 0 bridgehead atoms. The van der Waals surface area contributed by atoms with Crippen molar-refractivity contribution in [3.63, 3.8) is 0 Å². The molecule has 4 saturated heterocycles. The Morgan fingerprint density at radius 3 is 1.54 bits per heavy atom. The first-order valence-corrected chi connectivity index (χ1v) is 22.4. The van der Waals surface area contributed by atoms with Crippen molar-refractivity contribution in [2.75, 3.05) is 95.4 Å². The minimum absolute atomic E-state index is 0.135. The second-order valence-electron chi connectivity index (χ2n) is 17.9. The van der Waals surface area contributed by atoms with E-state index in [0.717, 1.165) is 96.2 Å². The first kappa shape index (κ1) is 42.8. The van der Waals surface area contributed by atoms with Gasteiger partial charge < -0.3 is 29.8 Å². The Hall–Kier alpha value is -4.34. The predicted octanol–water partition coefficient (Wildman–Crippen LogP) is 7.51. The summed E-state index contributed by atoms with van der Waals surface area (Å²) in [4.78, 5) is 37.6. The van der Waals surface area contributed by atoms with Crippen molar-refractivity contribution >= 4 is 23.2 Å². The third-order valence-corrected chi connectivity index (χ3v) is 13.8. The van der Waals surface area contributed by atoms with Gasteiger partial charge >= 0.3 is 0 Å². The van der Waals surface area contributed by atoms with Crippen molar-refractivity contribution in [2.24, 2.45) is 22.7 Å². The molecule has 4 aromatic rings. The molecule has 4 unspecified atom stereocenters. The second kappa shape index (κ2) is 20.3. The molecule has 8 heteroatoms. The molecule has 4 heterocycles. The van der Waals surface area contributed by atoms with Crippen LogP contribution in [-0.4, -0.2) is 112 Å². The highest BCUT2D eigenvalue weighted by molar-refractivity contribution is 5.93. The lowest BCUT2D eigenvalue weighted by molar-refractivity contribution is -0.119. The number of nitrogens with zero attached hydrogens (tertiary/aromatic N) is 5. The van der Waals surface area contributed by atoms with Gasteiger partial charge in [-0.2, -0.15) is 0 Å². The predicted molar refractivity (Wildman–Crippen MR) is 243 cm³/mol. The molecule has 4 aliphatic rings. The van der Waals surface area contributed by atoms with Crippen LogP contribution in [0, 0.1) is 22.7 Å². The quantitative estimate of drug-likeness (QED) is 0.143. The first-order chi connectivity index (χ1) is 28.8. The summed E-state index contributed by atoms with van der Waals surface area (Å²) < 4.78 is 0. The fourth-order valence-electron chi connectivity index (χ4n) is 10.6. The molecule has 8 rings (SSSR count). The molecule has 314 valence electrons. The van der Waals surface area contributed by atoms with E-state index in [0.29, 0.717) is 24.7 Å². The molecule has 4 fully saturated rings. The maximum absolute atomic E-state index is 12.9. The molecule has 0 aromatic heterocycles. The minimum atomic E-state index is 0.135. The molecule has 0 radical (unpaired) electrons. The lowest BCUT2D eigenvalue weighted by Crippen LogP contribution is -2.55. The number of para-hydroxylation sites is 2. The Kier molecular flexibility index (Phi) is 14.7. The second-order valence-corrected chi connectivity index (χ2v) is 17.9. The molecule has 2 amide bonds. The summed E-state index contributed by atoms with van der Waals surface area (Å²) >= 11 is 0. The number of carbonyl (C=O) groups excluding carboxylic acids is 2. The van der Waals surface area contributed by atoms with Crippen LogP contribution < -0.4 is 15.1 Å². The van der Waals surface area contributed by atoms with E-state index in [1.54, 1.807) is 0 Å². The number of likely N-dealkylation sites (tertiary alicyclic amines) is 3. The molecule has 0 saturated carbocycles. The Bertz CT molecular complexity index is 1900. The molecular formula is C51H68N6O2. The average molecular weight is 797 g/mol. The highest BCUT2D eigenvalue weighted by Crippen LogP contribution is 2.43. The summed E-state index contributed by atoms with van der Waals surface area (Å²) in [5.41, 5.74) is 5.15. The number of amides is 2. The van der Waals surface area contributed by atoms with Crippen LogP contribution in [-0.2, 0) is 22.4 Å². The van der Waals surface area contributed by atoms with E-state index >= 15 is 0 Å². The molecular weight excluding hydrogens is 729 g/mol. The van der Waals surface area contributed by atoms with Gasteiger partial charge in [-0.25, -0.2) is 0 Å². The number of carbonyl (C=O) groups is 2. The van der Waals surface area contributed by atoms with Crippen LogP contribution in [0.25, 0.3) is 0 Å². The van der Waals surface area contributed by atoms with E-state index in [2.05, 4.69) is 117 Å². The number of hydrogen-bond donors (Lipinski definition) is 1. The summed E-state index contributed by atoms with van der Waals surface area (Å²) in [7, 11) is 2.24. The van der Waals surface area contributed by atoms with Crippen LogP contribution in [0.15, 0.2) is 121 Å². The molecule has 4 aliphatic heterocycles. The van der Waals surface area contributed by atoms with Crippen LogP contribution in [0.4, 0.5) is 11.4 Å². The van der Waals surface area contributed by atoms with Gasteiger partial charge in [0.05, 0.1) is 0 Å². The molecule has 4 aromatic carbocycles. The Morgan fingerprint density at radius 2 is 1.05 bits per heavy atom. The number of anilines is 2. The van der Waals surface area contributed by atoms with Gasteiger partial charge in [-0.3, -0.25) is 9.59 Å². The molecule has 8 nitrogen and oxygen atoms in total. The maximum Gasteiger partial charge on any atom is 0.226 e. The van der Waals surface area contributed by atoms with Gasteiger partial charge in [0.25, 0.3) is 0 Å². The van der Waals surface area contributed by atoms with Crippen molar-refractivity contribution < 1.29 is 9.59 Å². The SMILES string of the molecule is CCC(=O)N(CC12CN(C)CC1CCN(CCc1ccccc1)C2)c1ccccc1.CCC(=O)N(CC12CNCC1CCN(CCc1ccccc1)C2)c1ccccc1. The van der Waals surface area contributed by atoms with Crippen molar-refractivity contribution in [1.82, 2.24) is 20.0 Å². The average Bonchev–Trinajstić information content (AvgIpc) is 3.86. The van der Waals surface area contributed by atoms with Crippen molar-refractivity contribution in [3.8, 4) is 0 Å². The lowest BCUT2D eigenvalue weighted by Gasteiger charge is -2.46. The van der Waals surface area contributed by atoms with Crippen LogP contribution in [0.3, 0.4) is 0 Å². The van der Waals surface area contributed by atoms with E-state index in [-0.39, 0.29) is 22.6 Å². The largest absolute Gasteiger partial charge is 0.316 e. The molecule has 0 aliphatic carbocycles. The van der Waals surface area contributed by atoms with Crippen LogP contribution in [0.2, 0.25) is 0 Å². The molecule has 1 N–H and O–H groups in total. The van der Waals surface area contributed by atoms with E-state index < -0.39 is 0 Å². The smallest absolute Gasteiger partial charge is 0.226 e. The Balaban J connectivity index is 0.000000179. The van der Waals surface area contributed by atoms with Crippen molar-refractivity contribution in [2.45, 2.75) is 52.4 Å². The standard InChI is InChI=1S/C26H35N3O.C25H33N3O/c1-3-25(30)29(24-12-8-5-9-13-24)21-26-19-27(2)18-23(26)15-17-28(20-26)16-14-22-10-6-4-7-11-22;1-2-24(29)28(23-11-7-4-8-12-23)20-25-18-26-17-22(25)14-16-27(19-25)15-13-21-9-5-3-6-10-21/h4-13,23H,3,14-21H2,1-2H3;3-12,22,26H,2,13-20H2,1H3. The summed E-state index contributed by atoms with van der Waals surface area (Å²) in [5, 5.41) is 3.65. The zero-order valence-corrected chi connectivity index (χ0v) is 36.0. The minimum Gasteiger partial charge on any atom is -0.316 e. The highest BCUT2D eigenvalue weighted by Gasteiger charge is 2.50. The lowest BCUT2D eigenvalue weighted by atomic mass is 9.72. The molecule has 59 heavy (non-hydrogen) atoms. The number of nitrogens with one attached hydrogen (secondary N) is 1. The van der Waals surface area contributed by atoms with Gasteiger partial charge in [0.2, 0.25) is 11.8 Å². The highest BCUT2D eigenvalue weighted by atomic mass is 16.2. The van der Waals surface area contributed by atoms with E-state index in [1.165, 1.54) is 30.5 Å². The first-order valence-electron chi connectivity index (χ1n) is 22.4. The maximum atomic E-state index is 12.9. The fraction of sp³-hybridized carbons (Fsp3) is 0.490. The fourth-order valence-corrected chi connectivity index (χ4v) is 10.6. The third kappa shape index (κ3) is 10.7. The summed E-state index contributed by atoms with van der Waals surface area (Å²) in [6.45, 7) is 16.5. The van der Waals surface area contributed by atoms with Gasteiger partial charge in [-0.05, 0) is 99.6 Å². The van der Waals surface area contributed by atoms with E-state index in [1.807, 2.05) is 55.1 Å². The summed E-state index contributed by atoms with van der Waals surface area (Å²) in [6, 6.07) is 42.0. The number of fused-ring (bicyclic) bond motifs is 2. The van der Waals surface area contributed by atoms with Crippen LogP contribution >= 0.6 is 0 Å². The number of rotatable bonds is 14. The summed E-state index contributed by atoms with van der Waals surface area (Å²) in [5.74, 6) is 1.75. The van der Waals surface area contributed by atoms with Gasteiger partial charge in [0, 0.05) is 93.9 Å². The van der Waals surface area contributed by atoms with E-state index in [4.69, 9.17) is 0 Å². The summed E-state index contributed by atoms with van der Waals surface area (Å²) in [6.07, 6.45) is 5.70. The van der Waals surface area contributed by atoms with Crippen LogP contribution in [0.1, 0.15) is 50.7 Å². The molecule has 4 atom stereocenters. The Morgan fingerprint density at radius 1 is 0.610 bits per heavy atom. The van der Waals surface area contributed by atoms with Gasteiger partial charge in [0.15, 0.2) is 0 Å². The molecule has 0 spiro atoms. The monoisotopic (exact) mass is 797 g/mol. The zero-order valence-electron chi connectivity index (χ0n) is 36.0. The van der Waals surface area contributed by atoms with Gasteiger partial charge in [-0.15, -0.1) is 0 Å². The van der Waals surface area contributed by atoms with Crippen LogP contribution in [0.5, 0.6) is 0 Å². The van der Waals surface area contributed by atoms with Gasteiger partial charge in [-0.1, -0.05) is 111 Å². The van der Waals surface area contributed by atoms with E-state index in [9.17, 15) is 9.59 Å². The number of hydrogen-bond acceptors (Lipinski definition) is 6. The van der Waals surface area contributed by atoms with Crippen molar-refractivity contribution in [1.29, 1.82) is 0 Å². The number of piperidine rings is 2. The normalized spacial score (nSPS) is 24.4.